The van der Waals surface area contributed by atoms with Crippen LogP contribution in [-0.4, -0.2) is 68.3 Å². The summed E-state index contributed by atoms with van der Waals surface area (Å²) in [6.07, 6.45) is -0.202. The lowest BCUT2D eigenvalue weighted by Gasteiger charge is -2.33. The zero-order valence-electron chi connectivity index (χ0n) is 25.6. The van der Waals surface area contributed by atoms with Crippen LogP contribution in [0.25, 0.3) is 10.8 Å². The minimum Gasteiger partial charge on any atom is -0.490 e. The number of fused-ring (bicyclic) bond motifs is 1. The van der Waals surface area contributed by atoms with Gasteiger partial charge in [0, 0.05) is 33.0 Å². The van der Waals surface area contributed by atoms with Crippen molar-refractivity contribution in [3.63, 3.8) is 0 Å². The smallest absolute Gasteiger partial charge is 0.424 e. The van der Waals surface area contributed by atoms with Gasteiger partial charge in [-0.05, 0) is 86.5 Å². The summed E-state index contributed by atoms with van der Waals surface area (Å²) >= 11 is 0. The zero-order chi connectivity index (χ0) is 32.1. The van der Waals surface area contributed by atoms with Crippen molar-refractivity contribution in [3.05, 3.63) is 71.8 Å². The van der Waals surface area contributed by atoms with Gasteiger partial charge in [0.2, 0.25) is 0 Å². The SMILES string of the molecule is CCOC(=O)N(C)S(=O)(=O)N(Cc1ccc2ccc(C#N)cc2c1)c1ccc(OC2CCN(C(=O)OC(C)(C)C)CC2)cc1. The van der Waals surface area contributed by atoms with Gasteiger partial charge < -0.3 is 19.1 Å². The first-order valence-electron chi connectivity index (χ1n) is 14.4. The van der Waals surface area contributed by atoms with E-state index in [0.29, 0.717) is 52.8 Å². The van der Waals surface area contributed by atoms with E-state index in [2.05, 4.69) is 6.07 Å². The van der Waals surface area contributed by atoms with Crippen molar-refractivity contribution in [3.8, 4) is 11.8 Å². The molecule has 0 aliphatic carbocycles. The molecular weight excluding hydrogens is 584 g/mol. The number of benzene rings is 3. The summed E-state index contributed by atoms with van der Waals surface area (Å²) in [5.41, 5.74) is 0.908. The summed E-state index contributed by atoms with van der Waals surface area (Å²) < 4.78 is 45.7. The van der Waals surface area contributed by atoms with Crippen molar-refractivity contribution in [2.24, 2.45) is 0 Å². The molecule has 1 saturated heterocycles. The van der Waals surface area contributed by atoms with Crippen molar-refractivity contribution in [1.82, 2.24) is 9.21 Å². The van der Waals surface area contributed by atoms with Gasteiger partial charge in [0.15, 0.2) is 0 Å². The topological polar surface area (TPSA) is 129 Å². The number of nitrogens with zero attached hydrogens (tertiary/aromatic N) is 4. The fourth-order valence-electron chi connectivity index (χ4n) is 4.76. The molecule has 0 N–H and O–H groups in total. The van der Waals surface area contributed by atoms with Crippen molar-refractivity contribution < 1.29 is 32.2 Å². The van der Waals surface area contributed by atoms with Crippen LogP contribution in [0, 0.1) is 11.3 Å². The average Bonchev–Trinajstić information content (AvgIpc) is 2.99. The van der Waals surface area contributed by atoms with E-state index in [4.69, 9.17) is 14.2 Å². The predicted octanol–water partition coefficient (Wildman–Crippen LogP) is 5.83. The van der Waals surface area contributed by atoms with E-state index in [1.54, 1.807) is 48.2 Å². The summed E-state index contributed by atoms with van der Waals surface area (Å²) in [6, 6.07) is 19.5. The van der Waals surface area contributed by atoms with Crippen LogP contribution in [0.2, 0.25) is 0 Å². The summed E-state index contributed by atoms with van der Waals surface area (Å²) in [4.78, 5) is 26.5. The number of rotatable bonds is 8. The number of carbonyl (C=O) groups excluding carboxylic acids is 2. The van der Waals surface area contributed by atoms with E-state index in [1.807, 2.05) is 45.0 Å². The van der Waals surface area contributed by atoms with E-state index < -0.39 is 21.9 Å². The highest BCUT2D eigenvalue weighted by Gasteiger charge is 2.33. The van der Waals surface area contributed by atoms with Gasteiger partial charge in [-0.25, -0.2) is 13.9 Å². The second-order valence-corrected chi connectivity index (χ2v) is 13.4. The van der Waals surface area contributed by atoms with Gasteiger partial charge in [-0.2, -0.15) is 18.0 Å². The Labute approximate surface area is 258 Å². The first-order chi connectivity index (χ1) is 20.8. The Bertz CT molecular complexity index is 1640. The maximum Gasteiger partial charge on any atom is 0.424 e. The van der Waals surface area contributed by atoms with Gasteiger partial charge in [-0.1, -0.05) is 18.2 Å². The van der Waals surface area contributed by atoms with Gasteiger partial charge in [-0.15, -0.1) is 0 Å². The number of hydrogen-bond donors (Lipinski definition) is 0. The zero-order valence-corrected chi connectivity index (χ0v) is 26.5. The molecule has 1 aliphatic heterocycles. The predicted molar refractivity (Wildman–Crippen MR) is 166 cm³/mol. The van der Waals surface area contributed by atoms with Crippen LogP contribution in [0.4, 0.5) is 15.3 Å². The number of amides is 2. The maximum absolute atomic E-state index is 13.7. The van der Waals surface area contributed by atoms with Crippen molar-refractivity contribution in [2.75, 3.05) is 31.0 Å². The largest absolute Gasteiger partial charge is 0.490 e. The Hall–Kier alpha value is -4.50. The summed E-state index contributed by atoms with van der Waals surface area (Å²) in [7, 11) is -3.20. The Morgan fingerprint density at radius 2 is 1.66 bits per heavy atom. The van der Waals surface area contributed by atoms with Gasteiger partial charge in [0.25, 0.3) is 0 Å². The van der Waals surface area contributed by atoms with Crippen LogP contribution >= 0.6 is 0 Å². The molecule has 234 valence electrons. The molecule has 0 atom stereocenters. The molecule has 3 aromatic rings. The van der Waals surface area contributed by atoms with Crippen LogP contribution in [0.15, 0.2) is 60.7 Å². The highest BCUT2D eigenvalue weighted by atomic mass is 32.2. The molecule has 0 unspecified atom stereocenters. The molecular formula is C32H38N4O7S. The standard InChI is InChI=1S/C32H38N4O7S/c1-6-41-30(37)34(5)44(39,40)36(22-24-8-10-25-9-7-23(21-33)19-26(25)20-24)27-11-13-28(14-12-27)42-29-15-17-35(18-16-29)31(38)43-32(2,3)4/h7-14,19-20,29H,6,15-18,22H2,1-5H3. The fourth-order valence-corrected chi connectivity index (χ4v) is 6.00. The minimum absolute atomic E-state index is 0.0212. The van der Waals surface area contributed by atoms with E-state index in [9.17, 15) is 23.3 Å². The van der Waals surface area contributed by atoms with Gasteiger partial charge in [-0.3, -0.25) is 0 Å². The summed E-state index contributed by atoms with van der Waals surface area (Å²) in [5, 5.41) is 11.0. The lowest BCUT2D eigenvalue weighted by Crippen LogP contribution is -2.44. The molecule has 0 saturated carbocycles. The van der Waals surface area contributed by atoms with E-state index >= 15 is 0 Å². The molecule has 12 heteroatoms. The second kappa shape index (κ2) is 13.4. The Morgan fingerprint density at radius 3 is 2.27 bits per heavy atom. The summed E-state index contributed by atoms with van der Waals surface area (Å²) in [6.45, 7) is 8.05. The molecule has 3 aromatic carbocycles. The monoisotopic (exact) mass is 622 g/mol. The first kappa shape index (κ1) is 32.4. The number of hydrogen-bond acceptors (Lipinski definition) is 8. The Morgan fingerprint density at radius 1 is 1.00 bits per heavy atom. The lowest BCUT2D eigenvalue weighted by molar-refractivity contribution is 0.0126. The van der Waals surface area contributed by atoms with Crippen LogP contribution in [-0.2, 0) is 26.2 Å². The molecule has 0 bridgehead atoms. The van der Waals surface area contributed by atoms with Crippen molar-refractivity contribution in [1.29, 1.82) is 5.26 Å². The molecule has 4 rings (SSSR count). The molecule has 1 fully saturated rings. The number of likely N-dealkylation sites (tertiary alicyclic amines) is 1. The third-order valence-electron chi connectivity index (χ3n) is 7.03. The van der Waals surface area contributed by atoms with Crippen molar-refractivity contribution in [2.45, 2.75) is 58.8 Å². The highest BCUT2D eigenvalue weighted by Crippen LogP contribution is 2.29. The number of nitriles is 1. The molecule has 0 radical (unpaired) electrons. The molecule has 0 aromatic heterocycles. The molecule has 2 amide bonds. The molecule has 44 heavy (non-hydrogen) atoms. The number of piperidine rings is 1. The molecule has 1 heterocycles. The molecule has 0 spiro atoms. The maximum atomic E-state index is 13.7. The number of ether oxygens (including phenoxy) is 3. The Balaban J connectivity index is 1.54. The normalized spacial score (nSPS) is 14.0. The van der Waals surface area contributed by atoms with Crippen molar-refractivity contribution >= 4 is 38.9 Å². The van der Waals surface area contributed by atoms with E-state index in [1.165, 1.54) is 0 Å². The Kier molecular flexibility index (Phi) is 9.89. The van der Waals surface area contributed by atoms with Gasteiger partial charge in [0.05, 0.1) is 30.5 Å². The van der Waals surface area contributed by atoms with Crippen LogP contribution in [0.1, 0.15) is 51.7 Å². The van der Waals surface area contributed by atoms with Crippen LogP contribution in [0.5, 0.6) is 5.75 Å². The quantitative estimate of drug-likeness (QED) is 0.307. The first-order valence-corrected chi connectivity index (χ1v) is 15.8. The average molecular weight is 623 g/mol. The third kappa shape index (κ3) is 7.90. The van der Waals surface area contributed by atoms with Gasteiger partial charge in [0.1, 0.15) is 17.5 Å². The van der Waals surface area contributed by atoms with Crippen LogP contribution in [0.3, 0.4) is 0 Å². The number of carbonyl (C=O) groups is 2. The minimum atomic E-state index is -4.36. The molecule has 11 nitrogen and oxygen atoms in total. The lowest BCUT2D eigenvalue weighted by atomic mass is 10.0. The fraction of sp³-hybridized carbons (Fsp3) is 0.406. The van der Waals surface area contributed by atoms with E-state index in [-0.39, 0.29) is 25.3 Å². The third-order valence-corrected chi connectivity index (χ3v) is 8.77. The molecule has 1 aliphatic rings. The highest BCUT2D eigenvalue weighted by molar-refractivity contribution is 7.91. The summed E-state index contributed by atoms with van der Waals surface area (Å²) in [5.74, 6) is 0.551. The van der Waals surface area contributed by atoms with E-state index in [0.717, 1.165) is 22.1 Å². The number of anilines is 1. The van der Waals surface area contributed by atoms with Crippen LogP contribution < -0.4 is 9.04 Å². The second-order valence-electron chi connectivity index (χ2n) is 11.5. The van der Waals surface area contributed by atoms with Gasteiger partial charge >= 0.3 is 22.4 Å².